The minimum atomic E-state index is 0. The van der Waals surface area contributed by atoms with Gasteiger partial charge in [-0.3, -0.25) is 4.90 Å². The van der Waals surface area contributed by atoms with Crippen LogP contribution >= 0.6 is 0 Å². The Balaban J connectivity index is 0.00000128. The zero-order valence-electron chi connectivity index (χ0n) is 9.85. The highest BCUT2D eigenvalue weighted by atomic mass is 15.5. The fraction of sp³-hybridized carbons (Fsp3) is 0.833. The fourth-order valence-electron chi connectivity index (χ4n) is 2.18. The third-order valence-electron chi connectivity index (χ3n) is 3.18. The molecule has 1 saturated heterocycles. The van der Waals surface area contributed by atoms with Crippen molar-refractivity contribution < 1.29 is 0 Å². The summed E-state index contributed by atoms with van der Waals surface area (Å²) in [4.78, 5) is 4.40. The summed E-state index contributed by atoms with van der Waals surface area (Å²) in [6.07, 6.45) is 5.84. The molecule has 0 spiro atoms. The van der Waals surface area contributed by atoms with E-state index in [4.69, 9.17) is 0 Å². The van der Waals surface area contributed by atoms with Crippen molar-refractivity contribution in [3.63, 3.8) is 0 Å². The molecule has 92 valence electrons. The number of rotatable bonds is 1. The standard InChI is InChI=1S/C11H20N4.CH4/c1-11(2,3)14-8-4-10(5-9-14)15-12-6-7-13-15;/h6-7,10H,4-5,8-9H2,1-3H3;1H4. The van der Waals surface area contributed by atoms with E-state index in [1.165, 1.54) is 0 Å². The first kappa shape index (κ1) is 13.2. The van der Waals surface area contributed by atoms with Crippen molar-refractivity contribution in [3.8, 4) is 0 Å². The second-order valence-corrected chi connectivity index (χ2v) is 5.24. The van der Waals surface area contributed by atoms with Crippen LogP contribution in [0.25, 0.3) is 0 Å². The molecule has 4 heteroatoms. The number of hydrogen-bond acceptors (Lipinski definition) is 3. The predicted octanol–water partition coefficient (Wildman–Crippen LogP) is 2.35. The van der Waals surface area contributed by atoms with Gasteiger partial charge >= 0.3 is 0 Å². The molecule has 2 heterocycles. The van der Waals surface area contributed by atoms with Crippen molar-refractivity contribution >= 4 is 0 Å². The van der Waals surface area contributed by atoms with E-state index in [9.17, 15) is 0 Å². The van der Waals surface area contributed by atoms with Gasteiger partial charge in [0, 0.05) is 18.6 Å². The maximum absolute atomic E-state index is 4.21. The molecule has 4 nitrogen and oxygen atoms in total. The molecule has 0 amide bonds. The monoisotopic (exact) mass is 224 g/mol. The summed E-state index contributed by atoms with van der Waals surface area (Å²) in [7, 11) is 0. The van der Waals surface area contributed by atoms with Gasteiger partial charge in [0.2, 0.25) is 0 Å². The van der Waals surface area contributed by atoms with E-state index >= 15 is 0 Å². The minimum absolute atomic E-state index is 0. The van der Waals surface area contributed by atoms with Crippen LogP contribution in [0.1, 0.15) is 47.1 Å². The van der Waals surface area contributed by atoms with Crippen LogP contribution < -0.4 is 0 Å². The molecule has 16 heavy (non-hydrogen) atoms. The molecule has 0 unspecified atom stereocenters. The lowest BCUT2D eigenvalue weighted by molar-refractivity contribution is 0.0835. The first-order valence-electron chi connectivity index (χ1n) is 5.68. The molecule has 0 aliphatic carbocycles. The van der Waals surface area contributed by atoms with Crippen LogP contribution in [0.4, 0.5) is 0 Å². The van der Waals surface area contributed by atoms with Gasteiger partial charge < -0.3 is 0 Å². The van der Waals surface area contributed by atoms with Gasteiger partial charge in [-0.15, -0.1) is 0 Å². The summed E-state index contributed by atoms with van der Waals surface area (Å²) < 4.78 is 0. The fourth-order valence-corrected chi connectivity index (χ4v) is 2.18. The van der Waals surface area contributed by atoms with Gasteiger partial charge in [0.1, 0.15) is 0 Å². The van der Waals surface area contributed by atoms with Gasteiger partial charge in [0.05, 0.1) is 18.4 Å². The van der Waals surface area contributed by atoms with Gasteiger partial charge in [0.25, 0.3) is 0 Å². The maximum atomic E-state index is 4.21. The second kappa shape index (κ2) is 4.95. The van der Waals surface area contributed by atoms with Gasteiger partial charge in [0.15, 0.2) is 0 Å². The Bertz CT molecular complexity index is 291. The van der Waals surface area contributed by atoms with Crippen LogP contribution in [0.5, 0.6) is 0 Å². The largest absolute Gasteiger partial charge is 0.298 e. The first-order chi connectivity index (χ1) is 7.07. The van der Waals surface area contributed by atoms with Crippen molar-refractivity contribution in [2.75, 3.05) is 13.1 Å². The van der Waals surface area contributed by atoms with Crippen LogP contribution in [0.3, 0.4) is 0 Å². The first-order valence-corrected chi connectivity index (χ1v) is 5.68. The molecule has 0 radical (unpaired) electrons. The maximum Gasteiger partial charge on any atom is 0.0740 e. The number of hydrogen-bond donors (Lipinski definition) is 0. The van der Waals surface area contributed by atoms with E-state index < -0.39 is 0 Å². The Morgan fingerprint density at radius 2 is 1.56 bits per heavy atom. The molecule has 0 saturated carbocycles. The lowest BCUT2D eigenvalue weighted by Gasteiger charge is -2.40. The summed E-state index contributed by atoms with van der Waals surface area (Å²) in [6, 6.07) is 0.499. The normalized spacial score (nSPS) is 19.4. The van der Waals surface area contributed by atoms with E-state index in [1.807, 2.05) is 4.80 Å². The van der Waals surface area contributed by atoms with Crippen molar-refractivity contribution in [1.82, 2.24) is 19.9 Å². The van der Waals surface area contributed by atoms with E-state index in [1.54, 1.807) is 12.4 Å². The summed E-state index contributed by atoms with van der Waals surface area (Å²) in [5, 5.41) is 8.43. The second-order valence-electron chi connectivity index (χ2n) is 5.24. The molecule has 1 aliphatic heterocycles. The number of piperidine rings is 1. The highest BCUT2D eigenvalue weighted by Gasteiger charge is 2.28. The predicted molar refractivity (Wildman–Crippen MR) is 66.4 cm³/mol. The van der Waals surface area contributed by atoms with E-state index in [0.717, 1.165) is 25.9 Å². The third-order valence-corrected chi connectivity index (χ3v) is 3.18. The summed E-state index contributed by atoms with van der Waals surface area (Å²) >= 11 is 0. The van der Waals surface area contributed by atoms with Crippen molar-refractivity contribution in [3.05, 3.63) is 12.4 Å². The quantitative estimate of drug-likeness (QED) is 0.734. The molecule has 2 rings (SSSR count). The summed E-state index contributed by atoms with van der Waals surface area (Å²) in [5.41, 5.74) is 0.294. The Labute approximate surface area is 98.6 Å². The molecule has 0 aromatic carbocycles. The van der Waals surface area contributed by atoms with Crippen LogP contribution in [-0.2, 0) is 0 Å². The van der Waals surface area contributed by atoms with Crippen molar-refractivity contribution in [1.29, 1.82) is 0 Å². The van der Waals surface area contributed by atoms with Gasteiger partial charge in [-0.1, -0.05) is 7.43 Å². The SMILES string of the molecule is C.CC(C)(C)N1CCC(n2nccn2)CC1. The van der Waals surface area contributed by atoms with Crippen molar-refractivity contribution in [2.24, 2.45) is 0 Å². The summed E-state index contributed by atoms with van der Waals surface area (Å²) in [6.45, 7) is 9.13. The number of likely N-dealkylation sites (tertiary alicyclic amines) is 1. The third kappa shape index (κ3) is 2.82. The van der Waals surface area contributed by atoms with E-state index in [-0.39, 0.29) is 7.43 Å². The van der Waals surface area contributed by atoms with Crippen LogP contribution in [-0.4, -0.2) is 38.5 Å². The molecular weight excluding hydrogens is 200 g/mol. The lowest BCUT2D eigenvalue weighted by Crippen LogP contribution is -2.46. The molecule has 0 N–H and O–H groups in total. The topological polar surface area (TPSA) is 34.0 Å². The van der Waals surface area contributed by atoms with E-state index in [0.29, 0.717) is 11.6 Å². The Hall–Kier alpha value is -0.900. The zero-order chi connectivity index (χ0) is 10.9. The average molecular weight is 224 g/mol. The summed E-state index contributed by atoms with van der Waals surface area (Å²) in [5.74, 6) is 0. The highest BCUT2D eigenvalue weighted by Crippen LogP contribution is 2.25. The molecule has 0 bridgehead atoms. The lowest BCUT2D eigenvalue weighted by atomic mass is 9.98. The minimum Gasteiger partial charge on any atom is -0.298 e. The van der Waals surface area contributed by atoms with E-state index in [2.05, 4.69) is 35.9 Å². The van der Waals surface area contributed by atoms with Crippen molar-refractivity contribution in [2.45, 2.75) is 52.6 Å². The molecule has 1 fully saturated rings. The molecule has 1 aromatic heterocycles. The van der Waals surface area contributed by atoms with Crippen LogP contribution in [0.15, 0.2) is 12.4 Å². The molecular formula is C12H24N4. The van der Waals surface area contributed by atoms with Crippen LogP contribution in [0.2, 0.25) is 0 Å². The molecule has 1 aromatic rings. The molecule has 0 atom stereocenters. The van der Waals surface area contributed by atoms with Gasteiger partial charge in [-0.05, 0) is 33.6 Å². The highest BCUT2D eigenvalue weighted by molar-refractivity contribution is 4.83. The molecule has 1 aliphatic rings. The number of aromatic nitrogens is 3. The zero-order valence-corrected chi connectivity index (χ0v) is 9.85. The van der Waals surface area contributed by atoms with Gasteiger partial charge in [-0.2, -0.15) is 15.0 Å². The smallest absolute Gasteiger partial charge is 0.0740 e. The van der Waals surface area contributed by atoms with Crippen LogP contribution in [0, 0.1) is 0 Å². The average Bonchev–Trinajstić information content (AvgIpc) is 2.69. The van der Waals surface area contributed by atoms with Gasteiger partial charge in [-0.25, -0.2) is 0 Å². The Kier molecular flexibility index (Phi) is 4.08. The number of nitrogens with zero attached hydrogens (tertiary/aromatic N) is 4. The Morgan fingerprint density at radius 3 is 2.00 bits per heavy atom. The Morgan fingerprint density at radius 1 is 1.06 bits per heavy atom.